The van der Waals surface area contributed by atoms with Gasteiger partial charge in [-0.15, -0.1) is 0 Å². The third-order valence-electron chi connectivity index (χ3n) is 2.46. The van der Waals surface area contributed by atoms with Gasteiger partial charge in [0.15, 0.2) is 16.1 Å². The highest BCUT2D eigenvalue weighted by atomic mass is 32.2. The summed E-state index contributed by atoms with van der Waals surface area (Å²) in [6.07, 6.45) is -0.744. The first-order chi connectivity index (χ1) is 9.03. The van der Waals surface area contributed by atoms with Crippen molar-refractivity contribution < 1.29 is 22.6 Å². The Labute approximate surface area is 114 Å². The number of hydrogen-bond acceptors (Lipinski definition) is 5. The standard InChI is InChI=1S/C13H20O5S/c1-4-17-13(18-5-2)10-19(14,15)12-8-6-7-11(9-12)16-3/h6-9,13H,4-5,10H2,1-3H3. The lowest BCUT2D eigenvalue weighted by atomic mass is 10.3. The molecule has 0 amide bonds. The Hall–Kier alpha value is -1.11. The summed E-state index contributed by atoms with van der Waals surface area (Å²) >= 11 is 0. The van der Waals surface area contributed by atoms with Crippen molar-refractivity contribution in [1.82, 2.24) is 0 Å². The quantitative estimate of drug-likeness (QED) is 0.683. The average molecular weight is 288 g/mol. The third kappa shape index (κ3) is 4.81. The number of methoxy groups -OCH3 is 1. The average Bonchev–Trinajstić information content (AvgIpc) is 2.39. The van der Waals surface area contributed by atoms with Crippen LogP contribution in [0.5, 0.6) is 5.75 Å². The van der Waals surface area contributed by atoms with Gasteiger partial charge in [-0.3, -0.25) is 0 Å². The minimum Gasteiger partial charge on any atom is -0.497 e. The first-order valence-electron chi connectivity index (χ1n) is 6.13. The minimum atomic E-state index is -3.47. The van der Waals surface area contributed by atoms with E-state index in [0.717, 1.165) is 0 Å². The number of benzene rings is 1. The Kier molecular flexibility index (Phi) is 6.27. The van der Waals surface area contributed by atoms with Gasteiger partial charge in [0.05, 0.1) is 12.0 Å². The molecular weight excluding hydrogens is 268 g/mol. The molecule has 0 heterocycles. The summed E-state index contributed by atoms with van der Waals surface area (Å²) in [4.78, 5) is 0.205. The van der Waals surface area contributed by atoms with E-state index < -0.39 is 16.1 Å². The van der Waals surface area contributed by atoms with Gasteiger partial charge in [0.2, 0.25) is 0 Å². The molecule has 0 bridgehead atoms. The fourth-order valence-corrected chi connectivity index (χ4v) is 2.91. The maximum Gasteiger partial charge on any atom is 0.183 e. The predicted molar refractivity (Wildman–Crippen MR) is 72.1 cm³/mol. The highest BCUT2D eigenvalue weighted by molar-refractivity contribution is 7.91. The van der Waals surface area contributed by atoms with Crippen molar-refractivity contribution in [2.75, 3.05) is 26.1 Å². The van der Waals surface area contributed by atoms with Crippen LogP contribution in [0.15, 0.2) is 29.2 Å². The highest BCUT2D eigenvalue weighted by Crippen LogP contribution is 2.19. The van der Waals surface area contributed by atoms with Crippen LogP contribution in [0, 0.1) is 0 Å². The summed E-state index contributed by atoms with van der Waals surface area (Å²) < 4.78 is 40.0. The topological polar surface area (TPSA) is 61.8 Å². The van der Waals surface area contributed by atoms with Crippen molar-refractivity contribution in [3.63, 3.8) is 0 Å². The summed E-state index contributed by atoms with van der Waals surface area (Å²) in [7, 11) is -1.97. The smallest absolute Gasteiger partial charge is 0.183 e. The Morgan fingerprint density at radius 1 is 1.16 bits per heavy atom. The van der Waals surface area contributed by atoms with Gasteiger partial charge in [0.25, 0.3) is 0 Å². The third-order valence-corrected chi connectivity index (χ3v) is 4.14. The fourth-order valence-electron chi connectivity index (χ4n) is 1.59. The van der Waals surface area contributed by atoms with Crippen LogP contribution in [0.25, 0.3) is 0 Å². The van der Waals surface area contributed by atoms with Crippen molar-refractivity contribution in [3.05, 3.63) is 24.3 Å². The molecule has 0 saturated carbocycles. The van der Waals surface area contributed by atoms with Gasteiger partial charge in [-0.1, -0.05) is 6.07 Å². The maximum atomic E-state index is 12.2. The first kappa shape index (κ1) is 15.9. The SMILES string of the molecule is CCOC(CS(=O)(=O)c1cccc(OC)c1)OCC. The summed E-state index contributed by atoms with van der Waals surface area (Å²) in [5.74, 6) is 0.299. The number of rotatable bonds is 8. The molecule has 0 unspecified atom stereocenters. The van der Waals surface area contributed by atoms with E-state index in [4.69, 9.17) is 14.2 Å². The molecule has 108 valence electrons. The molecule has 0 spiro atoms. The van der Waals surface area contributed by atoms with E-state index in [1.54, 1.807) is 26.0 Å². The summed E-state index contributed by atoms with van der Waals surface area (Å²) in [5, 5.41) is 0. The van der Waals surface area contributed by atoms with Crippen molar-refractivity contribution in [2.45, 2.75) is 25.0 Å². The highest BCUT2D eigenvalue weighted by Gasteiger charge is 2.22. The molecule has 0 radical (unpaired) electrons. The fraction of sp³-hybridized carbons (Fsp3) is 0.538. The first-order valence-corrected chi connectivity index (χ1v) is 7.78. The number of sulfone groups is 1. The van der Waals surface area contributed by atoms with Gasteiger partial charge in [-0.25, -0.2) is 8.42 Å². The molecule has 0 saturated heterocycles. The molecule has 1 aromatic carbocycles. The zero-order valence-corrected chi connectivity index (χ0v) is 12.3. The van der Waals surface area contributed by atoms with E-state index in [9.17, 15) is 8.42 Å². The van der Waals surface area contributed by atoms with Gasteiger partial charge in [0.1, 0.15) is 11.5 Å². The van der Waals surface area contributed by atoms with Gasteiger partial charge in [0, 0.05) is 13.2 Å². The molecule has 0 fully saturated rings. The Bertz CT molecular complexity index is 478. The van der Waals surface area contributed by atoms with Gasteiger partial charge in [-0.05, 0) is 32.0 Å². The van der Waals surface area contributed by atoms with E-state index in [0.29, 0.717) is 19.0 Å². The van der Waals surface area contributed by atoms with E-state index in [1.807, 2.05) is 0 Å². The van der Waals surface area contributed by atoms with Crippen molar-refractivity contribution in [1.29, 1.82) is 0 Å². The molecule has 0 atom stereocenters. The lowest BCUT2D eigenvalue weighted by Crippen LogP contribution is -2.27. The molecule has 0 aromatic heterocycles. The number of hydrogen-bond donors (Lipinski definition) is 0. The molecule has 0 aliphatic heterocycles. The van der Waals surface area contributed by atoms with E-state index in [1.165, 1.54) is 19.2 Å². The molecule has 0 aliphatic rings. The van der Waals surface area contributed by atoms with Crippen molar-refractivity contribution in [3.8, 4) is 5.75 Å². The van der Waals surface area contributed by atoms with Crippen LogP contribution in [0.1, 0.15) is 13.8 Å². The molecule has 0 aliphatic carbocycles. The van der Waals surface area contributed by atoms with E-state index in [-0.39, 0.29) is 10.6 Å². The normalized spacial score (nSPS) is 11.8. The summed E-state index contributed by atoms with van der Waals surface area (Å²) in [5.41, 5.74) is 0. The second kappa shape index (κ2) is 7.47. The van der Waals surface area contributed by atoms with Crippen LogP contribution >= 0.6 is 0 Å². The molecule has 5 nitrogen and oxygen atoms in total. The van der Waals surface area contributed by atoms with Crippen LogP contribution in [0.2, 0.25) is 0 Å². The lowest BCUT2D eigenvalue weighted by molar-refractivity contribution is -0.120. The Morgan fingerprint density at radius 2 is 1.79 bits per heavy atom. The zero-order valence-electron chi connectivity index (χ0n) is 11.5. The van der Waals surface area contributed by atoms with Gasteiger partial charge < -0.3 is 14.2 Å². The monoisotopic (exact) mass is 288 g/mol. The second-order valence-corrected chi connectivity index (χ2v) is 5.83. The molecule has 0 N–H and O–H groups in total. The zero-order chi connectivity index (χ0) is 14.3. The lowest BCUT2D eigenvalue weighted by Gasteiger charge is -2.17. The summed E-state index contributed by atoms with van der Waals surface area (Å²) in [6.45, 7) is 4.39. The van der Waals surface area contributed by atoms with Crippen LogP contribution in [0.3, 0.4) is 0 Å². The second-order valence-electron chi connectivity index (χ2n) is 3.80. The van der Waals surface area contributed by atoms with Crippen LogP contribution < -0.4 is 4.74 Å². The Balaban J connectivity index is 2.89. The molecule has 19 heavy (non-hydrogen) atoms. The largest absolute Gasteiger partial charge is 0.497 e. The van der Waals surface area contributed by atoms with Crippen LogP contribution in [0.4, 0.5) is 0 Å². The maximum absolute atomic E-state index is 12.2. The van der Waals surface area contributed by atoms with Crippen molar-refractivity contribution in [2.24, 2.45) is 0 Å². The Morgan fingerprint density at radius 3 is 2.32 bits per heavy atom. The number of ether oxygens (including phenoxy) is 3. The molecular formula is C13H20O5S. The summed E-state index contributed by atoms with van der Waals surface area (Å²) in [6, 6.07) is 6.36. The predicted octanol–water partition coefficient (Wildman–Crippen LogP) is 1.87. The molecule has 1 rings (SSSR count). The van der Waals surface area contributed by atoms with Gasteiger partial charge >= 0.3 is 0 Å². The van der Waals surface area contributed by atoms with Gasteiger partial charge in [-0.2, -0.15) is 0 Å². The van der Waals surface area contributed by atoms with E-state index >= 15 is 0 Å². The van der Waals surface area contributed by atoms with Crippen molar-refractivity contribution >= 4 is 9.84 Å². The molecule has 1 aromatic rings. The minimum absolute atomic E-state index is 0.205. The van der Waals surface area contributed by atoms with E-state index in [2.05, 4.69) is 0 Å². The molecule has 6 heteroatoms. The van der Waals surface area contributed by atoms with Crippen LogP contribution in [-0.4, -0.2) is 40.8 Å². The van der Waals surface area contributed by atoms with Crippen LogP contribution in [-0.2, 0) is 19.3 Å².